The third-order valence-electron chi connectivity index (χ3n) is 4.20. The van der Waals surface area contributed by atoms with Crippen LogP contribution >= 0.6 is 0 Å². The lowest BCUT2D eigenvalue weighted by atomic mass is 10.1. The molecule has 2 saturated heterocycles. The minimum absolute atomic E-state index is 0.269. The molecule has 102 valence electrons. The van der Waals surface area contributed by atoms with Gasteiger partial charge >= 0.3 is 0 Å². The molecule has 1 aromatic rings. The molecule has 0 saturated carbocycles. The fourth-order valence-electron chi connectivity index (χ4n) is 3.37. The molecule has 0 spiro atoms. The molecule has 0 aromatic carbocycles. The van der Waals surface area contributed by atoms with Crippen molar-refractivity contribution in [3.8, 4) is 0 Å². The summed E-state index contributed by atoms with van der Waals surface area (Å²) in [6.07, 6.45) is 7.50. The molecular weight excluding hydrogens is 240 g/mol. The first kappa shape index (κ1) is 12.4. The van der Waals surface area contributed by atoms with Gasteiger partial charge in [0.2, 0.25) is 5.91 Å². The van der Waals surface area contributed by atoms with Crippen molar-refractivity contribution in [2.24, 2.45) is 7.05 Å². The highest BCUT2D eigenvalue weighted by Gasteiger charge is 2.45. The zero-order chi connectivity index (χ0) is 13.4. The quantitative estimate of drug-likeness (QED) is 0.751. The molecule has 1 aromatic heterocycles. The minimum Gasteiger partial charge on any atom is -0.334 e. The Balaban J connectivity index is 1.70. The van der Waals surface area contributed by atoms with Crippen LogP contribution in [0.15, 0.2) is 25.0 Å². The van der Waals surface area contributed by atoms with Crippen LogP contribution in [0.5, 0.6) is 0 Å². The van der Waals surface area contributed by atoms with Crippen LogP contribution < -0.4 is 0 Å². The fourth-order valence-corrected chi connectivity index (χ4v) is 3.37. The molecule has 0 N–H and O–H groups in total. The van der Waals surface area contributed by atoms with Crippen LogP contribution in [0.2, 0.25) is 0 Å². The Morgan fingerprint density at radius 2 is 2.37 bits per heavy atom. The molecule has 2 unspecified atom stereocenters. The van der Waals surface area contributed by atoms with Crippen LogP contribution in [0, 0.1) is 0 Å². The van der Waals surface area contributed by atoms with E-state index >= 15 is 0 Å². The van der Waals surface area contributed by atoms with Gasteiger partial charge in [0.1, 0.15) is 0 Å². The average Bonchev–Trinajstić information content (AvgIpc) is 3.02. The highest BCUT2D eigenvalue weighted by atomic mass is 16.2. The molecule has 0 aliphatic carbocycles. The first-order valence-electron chi connectivity index (χ1n) is 6.81. The summed E-state index contributed by atoms with van der Waals surface area (Å²) in [4.78, 5) is 16.4. The number of aryl methyl sites for hydroxylation is 1. The Kier molecular flexibility index (Phi) is 3.14. The number of carbonyl (C=O) groups excluding carboxylic acids is 1. The first-order valence-corrected chi connectivity index (χ1v) is 6.81. The highest BCUT2D eigenvalue weighted by molar-refractivity contribution is 5.80. The molecule has 5 heteroatoms. The van der Waals surface area contributed by atoms with Crippen molar-refractivity contribution in [2.45, 2.75) is 31.5 Å². The summed E-state index contributed by atoms with van der Waals surface area (Å²) in [7, 11) is 1.93. The van der Waals surface area contributed by atoms with Crippen molar-refractivity contribution in [1.82, 2.24) is 19.6 Å². The van der Waals surface area contributed by atoms with E-state index in [0.29, 0.717) is 25.0 Å². The molecule has 3 heterocycles. The van der Waals surface area contributed by atoms with Gasteiger partial charge in [-0.15, -0.1) is 6.58 Å². The first-order chi connectivity index (χ1) is 9.19. The number of aromatic nitrogens is 2. The van der Waals surface area contributed by atoms with Crippen LogP contribution in [0.1, 0.15) is 18.4 Å². The Morgan fingerprint density at radius 1 is 1.53 bits per heavy atom. The fraction of sp³-hybridized carbons (Fsp3) is 0.571. The summed E-state index contributed by atoms with van der Waals surface area (Å²) in [5, 5.41) is 4.20. The van der Waals surface area contributed by atoms with E-state index in [4.69, 9.17) is 0 Å². The Morgan fingerprint density at radius 3 is 3.05 bits per heavy atom. The highest BCUT2D eigenvalue weighted by Crippen LogP contribution is 2.33. The lowest BCUT2D eigenvalue weighted by Crippen LogP contribution is -2.37. The summed E-state index contributed by atoms with van der Waals surface area (Å²) in [6.45, 7) is 6.38. The van der Waals surface area contributed by atoms with Gasteiger partial charge in [-0.05, 0) is 6.42 Å². The van der Waals surface area contributed by atoms with Crippen molar-refractivity contribution < 1.29 is 4.79 Å². The standard InChI is InChI=1S/C14H20N4O/c1-3-5-18-12-4-6-17(13(12)7-14(18)19)10-11-8-15-16(2)9-11/h3,8-9,12-13H,1,4-7,10H2,2H3. The molecule has 3 rings (SSSR count). The van der Waals surface area contributed by atoms with Crippen LogP contribution in [0.4, 0.5) is 0 Å². The normalized spacial score (nSPS) is 27.0. The van der Waals surface area contributed by atoms with Crippen LogP contribution in [0.25, 0.3) is 0 Å². The van der Waals surface area contributed by atoms with Crippen molar-refractivity contribution in [2.75, 3.05) is 13.1 Å². The summed E-state index contributed by atoms with van der Waals surface area (Å²) in [6, 6.07) is 0.745. The molecule has 2 aliphatic rings. The molecule has 2 aliphatic heterocycles. The SMILES string of the molecule is C=CCN1C(=O)CC2C1CCN2Cc1cnn(C)c1. The van der Waals surface area contributed by atoms with E-state index < -0.39 is 0 Å². The second-order valence-corrected chi connectivity index (χ2v) is 5.45. The average molecular weight is 260 g/mol. The zero-order valence-corrected chi connectivity index (χ0v) is 11.3. The molecule has 5 nitrogen and oxygen atoms in total. The van der Waals surface area contributed by atoms with Gasteiger partial charge in [0.05, 0.1) is 6.20 Å². The number of amides is 1. The van der Waals surface area contributed by atoms with E-state index in [-0.39, 0.29) is 5.91 Å². The third kappa shape index (κ3) is 2.18. The number of fused-ring (bicyclic) bond motifs is 1. The topological polar surface area (TPSA) is 41.4 Å². The van der Waals surface area contributed by atoms with Crippen LogP contribution in [0.3, 0.4) is 0 Å². The Labute approximate surface area is 113 Å². The number of hydrogen-bond donors (Lipinski definition) is 0. The minimum atomic E-state index is 0.269. The van der Waals surface area contributed by atoms with Crippen LogP contribution in [-0.4, -0.2) is 50.7 Å². The van der Waals surface area contributed by atoms with Crippen molar-refractivity contribution >= 4 is 5.91 Å². The van der Waals surface area contributed by atoms with Gasteiger partial charge in [0.15, 0.2) is 0 Å². The van der Waals surface area contributed by atoms with Gasteiger partial charge < -0.3 is 4.90 Å². The molecule has 2 fully saturated rings. The van der Waals surface area contributed by atoms with Crippen molar-refractivity contribution in [3.05, 3.63) is 30.6 Å². The Hall–Kier alpha value is -1.62. The molecular formula is C14H20N4O. The largest absolute Gasteiger partial charge is 0.334 e. The molecule has 19 heavy (non-hydrogen) atoms. The predicted molar refractivity (Wildman–Crippen MR) is 72.3 cm³/mol. The predicted octanol–water partition coefficient (Wildman–Crippen LogP) is 0.781. The number of carbonyl (C=O) groups is 1. The maximum atomic E-state index is 12.0. The van der Waals surface area contributed by atoms with Gasteiger partial charge in [0.25, 0.3) is 0 Å². The van der Waals surface area contributed by atoms with Crippen molar-refractivity contribution in [1.29, 1.82) is 0 Å². The number of rotatable bonds is 4. The maximum Gasteiger partial charge on any atom is 0.224 e. The number of nitrogens with zero attached hydrogens (tertiary/aromatic N) is 4. The van der Waals surface area contributed by atoms with E-state index in [0.717, 1.165) is 19.5 Å². The van der Waals surface area contributed by atoms with E-state index in [2.05, 4.69) is 16.6 Å². The molecule has 1 amide bonds. The third-order valence-corrected chi connectivity index (χ3v) is 4.20. The van der Waals surface area contributed by atoms with E-state index in [1.54, 1.807) is 0 Å². The summed E-state index contributed by atoms with van der Waals surface area (Å²) in [5.41, 5.74) is 1.22. The summed E-state index contributed by atoms with van der Waals surface area (Å²) >= 11 is 0. The Bertz CT molecular complexity index is 495. The smallest absolute Gasteiger partial charge is 0.224 e. The monoisotopic (exact) mass is 260 g/mol. The number of likely N-dealkylation sites (tertiary alicyclic amines) is 2. The van der Waals surface area contributed by atoms with Crippen LogP contribution in [-0.2, 0) is 18.4 Å². The second-order valence-electron chi connectivity index (χ2n) is 5.45. The second kappa shape index (κ2) is 4.81. The van der Waals surface area contributed by atoms with Crippen molar-refractivity contribution in [3.63, 3.8) is 0 Å². The van der Waals surface area contributed by atoms with Gasteiger partial charge in [0, 0.05) is 56.9 Å². The van der Waals surface area contributed by atoms with E-state index in [9.17, 15) is 4.79 Å². The molecule has 2 atom stereocenters. The zero-order valence-electron chi connectivity index (χ0n) is 11.3. The summed E-state index contributed by atoms with van der Waals surface area (Å²) in [5.74, 6) is 0.269. The van der Waals surface area contributed by atoms with Gasteiger partial charge in [-0.25, -0.2) is 0 Å². The lowest BCUT2D eigenvalue weighted by molar-refractivity contribution is -0.128. The molecule has 0 bridgehead atoms. The van der Waals surface area contributed by atoms with E-state index in [1.165, 1.54) is 5.56 Å². The molecule has 0 radical (unpaired) electrons. The maximum absolute atomic E-state index is 12.0. The number of hydrogen-bond acceptors (Lipinski definition) is 3. The van der Waals surface area contributed by atoms with E-state index in [1.807, 2.05) is 35.1 Å². The summed E-state index contributed by atoms with van der Waals surface area (Å²) < 4.78 is 1.83. The van der Waals surface area contributed by atoms with Gasteiger partial charge in [-0.1, -0.05) is 6.08 Å². The lowest BCUT2D eigenvalue weighted by Gasteiger charge is -2.24. The van der Waals surface area contributed by atoms with Gasteiger partial charge in [-0.3, -0.25) is 14.4 Å². The van der Waals surface area contributed by atoms with Gasteiger partial charge in [-0.2, -0.15) is 5.10 Å².